The number of pyridine rings is 5. The number of hydrogen-bond donors (Lipinski definition) is 5. The second-order valence-electron chi connectivity index (χ2n) is 28.9. The first-order valence-electron chi connectivity index (χ1n) is 36.4. The fourth-order valence-electron chi connectivity index (χ4n) is 13.2. The summed E-state index contributed by atoms with van der Waals surface area (Å²) in [6, 6.07) is 39.8. The van der Waals surface area contributed by atoms with Gasteiger partial charge in [-0.1, -0.05) is 146 Å². The van der Waals surface area contributed by atoms with Crippen molar-refractivity contribution in [2.75, 3.05) is 27.0 Å². The van der Waals surface area contributed by atoms with Crippen LogP contribution >= 0.6 is 46.4 Å². The summed E-state index contributed by atoms with van der Waals surface area (Å²) in [6.45, 7) is 57.5. The van der Waals surface area contributed by atoms with Crippen LogP contribution in [0.25, 0.3) is 62.5 Å². The first-order chi connectivity index (χ1) is 54.2. The summed E-state index contributed by atoms with van der Waals surface area (Å²) < 4.78 is 6.96. The highest BCUT2D eigenvalue weighted by molar-refractivity contribution is 6.36. The third kappa shape index (κ3) is 19.0. The zero-order valence-electron chi connectivity index (χ0n) is 65.3. The van der Waals surface area contributed by atoms with E-state index in [1.54, 1.807) is 75.6 Å². The van der Waals surface area contributed by atoms with Gasteiger partial charge in [-0.15, -0.1) is 0 Å². The van der Waals surface area contributed by atoms with Crippen LogP contribution < -0.4 is 49.2 Å². The fraction of sp³-hybridized carbons (Fsp3) is 0.267. The first kappa shape index (κ1) is 83.9. The van der Waals surface area contributed by atoms with Crippen molar-refractivity contribution in [1.29, 1.82) is 0 Å². The standard InChI is InChI=1S/C24H20ClN5O.C22H24ClN5O.2C20H20ClN5O/c1-15(28-23-20(26-3)13-27-16(2)29-23)21-12-18-10-7-11-19(25)22(18)24(31)30(21)14-17-8-5-4-6-9-17;1-13(26-20-17(24-6)11-25-14(2)27-20)18-10-15-8-7-9-16(23)19(15)21(29)28(18)12-22(3,4)5;1-11(2)26-17(9-14-7-6-8-15(21)18(14)20(26)27)12(3)24-19-16(22-5)10-23-13(4)25-19;1-11(2)26-16(10-13-6-5-7-14(21)17(13)20(26)27)12(3)25-19-18(23-4)15(22)8-9-24-19/h4-13,15H,14H2,1-2H3,(H,27,28,29);7-11,13H,12H2,1-5H3,(H,25,26,27);6-12H,1-4H3,(H,23,24,25);5-12H,1-3H3,(H3,22,24,25)/t15-;13-;2*12-/m0000/s1. The summed E-state index contributed by atoms with van der Waals surface area (Å²) in [6.07, 6.45) is 6.06. The maximum atomic E-state index is 13.5. The molecule has 0 aliphatic rings. The number of fused-ring (bicyclic) bond motifs is 4. The van der Waals surface area contributed by atoms with Crippen LogP contribution in [0.5, 0.6) is 0 Å². The number of nitrogen functional groups attached to an aromatic ring is 1. The zero-order chi connectivity index (χ0) is 82.7. The van der Waals surface area contributed by atoms with Gasteiger partial charge in [-0.3, -0.25) is 39.1 Å². The molecule has 28 heteroatoms. The smallest absolute Gasteiger partial charge is 0.260 e. The Bertz CT molecular complexity index is 6150. The summed E-state index contributed by atoms with van der Waals surface area (Å²) >= 11 is 25.3. The number of aryl methyl sites for hydroxylation is 3. The molecule has 0 amide bonds. The molecule has 0 saturated carbocycles. The summed E-state index contributed by atoms with van der Waals surface area (Å²) in [5, 5.41) is 20.0. The molecule has 4 atom stereocenters. The quantitative estimate of drug-likeness (QED) is 0.0530. The van der Waals surface area contributed by atoms with Crippen molar-refractivity contribution >= 4 is 141 Å². The van der Waals surface area contributed by atoms with Gasteiger partial charge < -0.3 is 45.3 Å². The molecule has 0 radical (unpaired) electrons. The third-order valence-electron chi connectivity index (χ3n) is 18.5. The van der Waals surface area contributed by atoms with Crippen molar-refractivity contribution in [3.05, 3.63) is 311 Å². The highest BCUT2D eigenvalue weighted by Crippen LogP contribution is 2.37. The van der Waals surface area contributed by atoms with Gasteiger partial charge in [0.2, 0.25) is 22.7 Å². The van der Waals surface area contributed by atoms with E-state index in [1.807, 2.05) is 159 Å². The summed E-state index contributed by atoms with van der Waals surface area (Å²) in [5.41, 5.74) is 11.1. The SMILES string of the molecule is [C-]#[N+]c1c(N)ccnc1N[C@@H](C)c1cc2cccc(Cl)c2c(=O)n1C(C)C.[C-]#[N+]c1cnc(C)nc1N[C@@H](C)c1cc2cccc(Cl)c2c(=O)n1C(C)C.[C-]#[N+]c1cnc(C)nc1N[C@@H](C)c1cc2cccc(Cl)c2c(=O)n1CC(C)(C)C.[C-]#[N+]c1cnc(C)nc1N[C@@H](C)c1cc2cccc(Cl)c2c(=O)n1Cc1ccccc1. The van der Waals surface area contributed by atoms with Gasteiger partial charge >= 0.3 is 0 Å². The number of anilines is 5. The maximum Gasteiger partial charge on any atom is 0.260 e. The highest BCUT2D eigenvalue weighted by Gasteiger charge is 2.26. The van der Waals surface area contributed by atoms with Crippen LogP contribution in [0.4, 0.5) is 51.7 Å². The van der Waals surface area contributed by atoms with Crippen LogP contribution in [-0.4, -0.2) is 53.2 Å². The number of nitrogens with two attached hydrogens (primary N) is 1. The van der Waals surface area contributed by atoms with E-state index in [1.165, 1.54) is 18.6 Å². The minimum absolute atomic E-state index is 0.0510. The van der Waals surface area contributed by atoms with E-state index >= 15 is 0 Å². The largest absolute Gasteiger partial charge is 0.407 e. The number of nitrogens with one attached hydrogen (secondary N) is 4. The number of halogens is 4. The van der Waals surface area contributed by atoms with Gasteiger partial charge in [-0.25, -0.2) is 34.3 Å². The molecule has 0 bridgehead atoms. The van der Waals surface area contributed by atoms with Crippen molar-refractivity contribution in [3.8, 4) is 0 Å². The van der Waals surface area contributed by atoms with E-state index in [9.17, 15) is 19.2 Å². The Morgan fingerprint density at radius 2 is 0.754 bits per heavy atom. The van der Waals surface area contributed by atoms with Crippen LogP contribution in [0.3, 0.4) is 0 Å². The van der Waals surface area contributed by atoms with Gasteiger partial charge in [0.05, 0.1) is 98.6 Å². The van der Waals surface area contributed by atoms with Gasteiger partial charge in [-0.2, -0.15) is 0 Å². The monoisotopic (exact) mass is 1600 g/mol. The lowest BCUT2D eigenvalue weighted by Gasteiger charge is -2.26. The van der Waals surface area contributed by atoms with Gasteiger partial charge in [0.25, 0.3) is 22.2 Å². The van der Waals surface area contributed by atoms with Crippen molar-refractivity contribution in [2.24, 2.45) is 5.41 Å². The molecule has 6 N–H and O–H groups in total. The van der Waals surface area contributed by atoms with Gasteiger partial charge in [0.15, 0.2) is 0 Å². The molecule has 0 aliphatic heterocycles. The number of nitrogens with zero attached hydrogens (tertiary/aromatic N) is 15. The van der Waals surface area contributed by atoms with Crippen LogP contribution in [0.1, 0.15) is 158 Å². The number of hydrogen-bond acceptors (Lipinski definition) is 16. The van der Waals surface area contributed by atoms with E-state index in [0.717, 1.165) is 49.9 Å². The normalized spacial score (nSPS) is 12.2. The second-order valence-corrected chi connectivity index (χ2v) is 30.6. The molecular formula is C86H84Cl4N20O4. The van der Waals surface area contributed by atoms with Crippen molar-refractivity contribution < 1.29 is 0 Å². The van der Waals surface area contributed by atoms with E-state index in [4.69, 9.17) is 78.4 Å². The Balaban J connectivity index is 0.000000161. The van der Waals surface area contributed by atoms with E-state index in [0.29, 0.717) is 118 Å². The molecule has 0 aliphatic carbocycles. The molecule has 580 valence electrons. The molecule has 0 spiro atoms. The molecule has 13 rings (SSSR count). The molecule has 13 aromatic rings. The average molecular weight is 1600 g/mol. The predicted octanol–water partition coefficient (Wildman–Crippen LogP) is 21.0. The summed E-state index contributed by atoms with van der Waals surface area (Å²) in [5.74, 6) is 3.47. The first-order valence-corrected chi connectivity index (χ1v) is 37.9. The Kier molecular flexibility index (Phi) is 26.7. The number of rotatable bonds is 17. The molecule has 8 heterocycles. The lowest BCUT2D eigenvalue weighted by atomic mass is 9.95. The van der Waals surface area contributed by atoms with Crippen LogP contribution in [0.15, 0.2) is 177 Å². The van der Waals surface area contributed by atoms with Gasteiger partial charge in [-0.05, 0) is 163 Å². The van der Waals surface area contributed by atoms with E-state index in [2.05, 4.69) is 96.3 Å². The second kappa shape index (κ2) is 36.3. The molecule has 0 unspecified atom stereocenters. The van der Waals surface area contributed by atoms with Crippen LogP contribution in [0, 0.1) is 52.5 Å². The summed E-state index contributed by atoms with van der Waals surface area (Å²) in [4.78, 5) is 96.6. The molecule has 24 nitrogen and oxygen atoms in total. The fourth-order valence-corrected chi connectivity index (χ4v) is 14.3. The molecule has 8 aromatic heterocycles. The Hall–Kier alpha value is -12.6. The average Bonchev–Trinajstić information content (AvgIpc) is 0.784. The molecule has 0 fully saturated rings. The van der Waals surface area contributed by atoms with Crippen molar-refractivity contribution in [2.45, 2.75) is 146 Å². The Morgan fingerprint density at radius 3 is 1.11 bits per heavy atom. The van der Waals surface area contributed by atoms with Crippen LogP contribution in [0.2, 0.25) is 20.1 Å². The zero-order valence-corrected chi connectivity index (χ0v) is 68.3. The number of benzene rings is 5. The van der Waals surface area contributed by atoms with Crippen molar-refractivity contribution in [3.63, 3.8) is 0 Å². The van der Waals surface area contributed by atoms with Gasteiger partial charge in [0, 0.05) is 71.9 Å². The van der Waals surface area contributed by atoms with Crippen LogP contribution in [-0.2, 0) is 13.1 Å². The Labute approximate surface area is 680 Å². The number of aromatic nitrogens is 11. The van der Waals surface area contributed by atoms with E-state index < -0.39 is 0 Å². The highest BCUT2D eigenvalue weighted by atomic mass is 35.5. The molecular weight excluding hydrogens is 1520 g/mol. The third-order valence-corrected chi connectivity index (χ3v) is 19.8. The molecule has 0 saturated heterocycles. The van der Waals surface area contributed by atoms with Gasteiger partial charge in [0.1, 0.15) is 40.7 Å². The van der Waals surface area contributed by atoms with Crippen molar-refractivity contribution in [1.82, 2.24) is 53.2 Å². The predicted molar refractivity (Wildman–Crippen MR) is 461 cm³/mol. The van der Waals surface area contributed by atoms with E-state index in [-0.39, 0.29) is 69.6 Å². The topological polar surface area (TPSA) is 270 Å². The molecule has 114 heavy (non-hydrogen) atoms. The molecule has 5 aromatic carbocycles. The Morgan fingerprint density at radius 1 is 0.421 bits per heavy atom. The lowest BCUT2D eigenvalue weighted by Crippen LogP contribution is -2.31. The lowest BCUT2D eigenvalue weighted by molar-refractivity contribution is 0.332. The maximum absolute atomic E-state index is 13.5. The minimum atomic E-state index is -0.297. The summed E-state index contributed by atoms with van der Waals surface area (Å²) in [7, 11) is 0. The minimum Gasteiger partial charge on any atom is -0.407 e.